The second-order valence-corrected chi connectivity index (χ2v) is 12.8. The monoisotopic (exact) mass is 493 g/mol. The minimum atomic E-state index is -0.0521. The highest BCUT2D eigenvalue weighted by molar-refractivity contribution is 5.87. The van der Waals surface area contributed by atoms with Crippen LogP contribution in [0, 0.1) is 23.2 Å². The minimum Gasteiger partial charge on any atom is -0.343 e. The summed E-state index contributed by atoms with van der Waals surface area (Å²) >= 11 is 0. The average molecular weight is 494 g/mol. The highest BCUT2D eigenvalue weighted by atomic mass is 16.2. The Kier molecular flexibility index (Phi) is 9.34. The molecule has 0 aromatic heterocycles. The number of rotatable bonds is 12. The van der Waals surface area contributed by atoms with E-state index in [0.717, 1.165) is 25.7 Å². The Morgan fingerprint density at radius 1 is 0.972 bits per heavy atom. The van der Waals surface area contributed by atoms with Crippen LogP contribution in [-0.4, -0.2) is 29.7 Å². The van der Waals surface area contributed by atoms with Crippen molar-refractivity contribution >= 4 is 11.7 Å². The van der Waals surface area contributed by atoms with Gasteiger partial charge in [0.2, 0.25) is 5.91 Å². The summed E-state index contributed by atoms with van der Waals surface area (Å²) in [6.45, 7) is 6.47. The first-order chi connectivity index (χ1) is 17.3. The number of unbranched alkanes of at least 4 members (excludes halogenated alkanes) is 7. The molecule has 0 saturated heterocycles. The van der Waals surface area contributed by atoms with Crippen molar-refractivity contribution in [3.63, 3.8) is 0 Å². The summed E-state index contributed by atoms with van der Waals surface area (Å²) in [7, 11) is 1.91. The first-order valence-electron chi connectivity index (χ1n) is 15.2. The van der Waals surface area contributed by atoms with Gasteiger partial charge in [-0.05, 0) is 87.2 Å². The molecule has 0 radical (unpaired) electrons. The topological polar surface area (TPSA) is 37.4 Å². The number of hydrogen-bond donors (Lipinski definition) is 0. The smallest absolute Gasteiger partial charge is 0.222 e. The molecule has 0 unspecified atom stereocenters. The van der Waals surface area contributed by atoms with Crippen LogP contribution in [0.1, 0.15) is 128 Å². The molecule has 36 heavy (non-hydrogen) atoms. The van der Waals surface area contributed by atoms with E-state index in [2.05, 4.69) is 45.0 Å². The maximum Gasteiger partial charge on any atom is 0.222 e. The molecule has 1 amide bonds. The van der Waals surface area contributed by atoms with Crippen LogP contribution in [0.2, 0.25) is 0 Å². The maximum atomic E-state index is 13.0. The number of ketones is 1. The van der Waals surface area contributed by atoms with Gasteiger partial charge >= 0.3 is 0 Å². The van der Waals surface area contributed by atoms with E-state index < -0.39 is 0 Å². The standard InChI is InChI=1S/C33H51NO2/c1-24(2)34(4)31(36)18-12-10-8-6-5-7-9-11-16-26-23-33(3)29(21-22-30(33)35)28-20-19-25-15-13-14-17-27(25)32(26)28/h13-15,17,24,26,28-29,32H,5-12,16,18-23H2,1-4H3/t26-,28-,29-,32+,33-/m0/s1. The Morgan fingerprint density at radius 3 is 2.36 bits per heavy atom. The van der Waals surface area contributed by atoms with E-state index in [1.165, 1.54) is 64.2 Å². The van der Waals surface area contributed by atoms with Gasteiger partial charge in [0.1, 0.15) is 5.78 Å². The highest BCUT2D eigenvalue weighted by Crippen LogP contribution is 2.62. The molecule has 1 aromatic rings. The van der Waals surface area contributed by atoms with Crippen LogP contribution in [0.15, 0.2) is 24.3 Å². The van der Waals surface area contributed by atoms with Gasteiger partial charge in [-0.25, -0.2) is 0 Å². The number of aryl methyl sites for hydroxylation is 1. The molecule has 0 spiro atoms. The Morgan fingerprint density at radius 2 is 1.64 bits per heavy atom. The summed E-state index contributed by atoms with van der Waals surface area (Å²) in [6.07, 6.45) is 17.6. The van der Waals surface area contributed by atoms with Gasteiger partial charge in [0, 0.05) is 31.3 Å². The number of benzene rings is 1. The molecule has 2 fully saturated rings. The van der Waals surface area contributed by atoms with Crippen LogP contribution >= 0.6 is 0 Å². The normalized spacial score (nSPS) is 29.1. The zero-order valence-corrected chi connectivity index (χ0v) is 23.6. The lowest BCUT2D eigenvalue weighted by Crippen LogP contribution is -2.46. The lowest BCUT2D eigenvalue weighted by atomic mass is 9.51. The predicted molar refractivity (Wildman–Crippen MR) is 149 cm³/mol. The van der Waals surface area contributed by atoms with Crippen molar-refractivity contribution in [3.8, 4) is 0 Å². The Balaban J connectivity index is 1.20. The molecule has 5 atom stereocenters. The number of hydrogen-bond acceptors (Lipinski definition) is 2. The van der Waals surface area contributed by atoms with Crippen LogP contribution in [0.3, 0.4) is 0 Å². The molecule has 3 heteroatoms. The molecule has 4 rings (SSSR count). The van der Waals surface area contributed by atoms with Crippen molar-refractivity contribution in [2.24, 2.45) is 23.2 Å². The van der Waals surface area contributed by atoms with Gasteiger partial charge in [-0.1, -0.05) is 76.1 Å². The lowest BCUT2D eigenvalue weighted by Gasteiger charge is -2.52. The SMILES string of the molecule is CC(C)N(C)C(=O)CCCCCCCCCC[C@H]1C[C@]2(C)C(=O)CC[C@H]2[C@@H]2CCc3ccccc3[C@@H]12. The zero-order chi connectivity index (χ0) is 25.7. The summed E-state index contributed by atoms with van der Waals surface area (Å²) in [5.74, 6) is 3.52. The molecule has 3 aliphatic rings. The number of fused-ring (bicyclic) bond motifs is 5. The largest absolute Gasteiger partial charge is 0.343 e. The first-order valence-corrected chi connectivity index (χ1v) is 15.2. The van der Waals surface area contributed by atoms with E-state index in [1.54, 1.807) is 11.1 Å². The van der Waals surface area contributed by atoms with E-state index in [9.17, 15) is 9.59 Å². The molecule has 0 bridgehead atoms. The van der Waals surface area contributed by atoms with Gasteiger partial charge in [0.25, 0.3) is 0 Å². The van der Waals surface area contributed by atoms with Crippen LogP contribution in [0.5, 0.6) is 0 Å². The number of nitrogens with zero attached hydrogens (tertiary/aromatic N) is 1. The van der Waals surface area contributed by atoms with Crippen LogP contribution in [-0.2, 0) is 16.0 Å². The Labute approximate surface area is 220 Å². The van der Waals surface area contributed by atoms with E-state index >= 15 is 0 Å². The Hall–Kier alpha value is -1.64. The van der Waals surface area contributed by atoms with Gasteiger partial charge in [-0.15, -0.1) is 0 Å². The second-order valence-electron chi connectivity index (χ2n) is 12.8. The molecule has 200 valence electrons. The van der Waals surface area contributed by atoms with Gasteiger partial charge in [0.05, 0.1) is 0 Å². The van der Waals surface area contributed by atoms with Gasteiger partial charge < -0.3 is 4.90 Å². The molecule has 0 heterocycles. The zero-order valence-electron chi connectivity index (χ0n) is 23.6. The number of carbonyl (C=O) groups excluding carboxylic acids is 2. The fourth-order valence-electron chi connectivity index (χ4n) is 8.08. The quantitative estimate of drug-likeness (QED) is 0.276. The van der Waals surface area contributed by atoms with Crippen molar-refractivity contribution in [2.75, 3.05) is 7.05 Å². The summed E-state index contributed by atoms with van der Waals surface area (Å²) in [4.78, 5) is 26.9. The molecule has 1 aromatic carbocycles. The predicted octanol–water partition coefficient (Wildman–Crippen LogP) is 8.11. The van der Waals surface area contributed by atoms with Crippen LogP contribution < -0.4 is 0 Å². The van der Waals surface area contributed by atoms with Crippen molar-refractivity contribution < 1.29 is 9.59 Å². The highest BCUT2D eigenvalue weighted by Gasteiger charge is 2.57. The lowest BCUT2D eigenvalue weighted by molar-refractivity contribution is -0.132. The summed E-state index contributed by atoms with van der Waals surface area (Å²) in [6, 6.07) is 9.52. The first kappa shape index (κ1) is 27.4. The molecule has 3 nitrogen and oxygen atoms in total. The minimum absolute atomic E-state index is 0.0521. The van der Waals surface area contributed by atoms with Gasteiger partial charge in [-0.3, -0.25) is 9.59 Å². The van der Waals surface area contributed by atoms with Gasteiger partial charge in [-0.2, -0.15) is 0 Å². The summed E-state index contributed by atoms with van der Waals surface area (Å²) < 4.78 is 0. The summed E-state index contributed by atoms with van der Waals surface area (Å²) in [5, 5.41) is 0. The number of Topliss-reactive ketones (excluding diaryl/α,β-unsaturated/α-hetero) is 1. The van der Waals surface area contributed by atoms with E-state index in [0.29, 0.717) is 41.9 Å². The second kappa shape index (κ2) is 12.3. The van der Waals surface area contributed by atoms with Gasteiger partial charge in [0.15, 0.2) is 0 Å². The summed E-state index contributed by atoms with van der Waals surface area (Å²) in [5.41, 5.74) is 3.15. The molecule has 0 N–H and O–H groups in total. The Bertz CT molecular complexity index is 891. The number of carbonyl (C=O) groups is 2. The number of amides is 1. The van der Waals surface area contributed by atoms with E-state index in [-0.39, 0.29) is 11.3 Å². The molecule has 2 saturated carbocycles. The maximum absolute atomic E-state index is 13.0. The molecular formula is C33H51NO2. The average Bonchev–Trinajstić information content (AvgIpc) is 3.17. The van der Waals surface area contributed by atoms with Crippen LogP contribution in [0.4, 0.5) is 0 Å². The third-order valence-corrected chi connectivity index (χ3v) is 10.4. The fourth-order valence-corrected chi connectivity index (χ4v) is 8.08. The van der Waals surface area contributed by atoms with E-state index in [4.69, 9.17) is 0 Å². The molecule has 0 aliphatic heterocycles. The van der Waals surface area contributed by atoms with Crippen molar-refractivity contribution in [1.82, 2.24) is 4.90 Å². The molecule has 3 aliphatic carbocycles. The third kappa shape index (κ3) is 5.91. The van der Waals surface area contributed by atoms with Crippen molar-refractivity contribution in [2.45, 2.75) is 129 Å². The third-order valence-electron chi connectivity index (χ3n) is 10.4. The fraction of sp³-hybridized carbons (Fsp3) is 0.758. The molecular weight excluding hydrogens is 442 g/mol. The van der Waals surface area contributed by atoms with Crippen LogP contribution in [0.25, 0.3) is 0 Å². The van der Waals surface area contributed by atoms with E-state index in [1.807, 2.05) is 11.9 Å². The van der Waals surface area contributed by atoms with Crippen molar-refractivity contribution in [1.29, 1.82) is 0 Å². The van der Waals surface area contributed by atoms with Crippen molar-refractivity contribution in [3.05, 3.63) is 35.4 Å².